The van der Waals surface area contributed by atoms with E-state index < -0.39 is 10.0 Å². The lowest BCUT2D eigenvalue weighted by molar-refractivity contribution is 0.238. The summed E-state index contributed by atoms with van der Waals surface area (Å²) in [5.74, 6) is 0.975. The molecule has 0 fully saturated rings. The van der Waals surface area contributed by atoms with E-state index in [-0.39, 0.29) is 24.2 Å². The van der Waals surface area contributed by atoms with Gasteiger partial charge in [-0.05, 0) is 30.5 Å². The smallest absolute Gasteiger partial charge is 0.273 e. The van der Waals surface area contributed by atoms with Gasteiger partial charge in [-0.3, -0.25) is 0 Å². The molecular weight excluding hydrogens is 280 g/mol. The second kappa shape index (κ2) is 7.78. The number of rotatable bonds is 9. The van der Waals surface area contributed by atoms with Gasteiger partial charge in [0.2, 0.25) is 5.09 Å². The molecule has 1 atom stereocenters. The van der Waals surface area contributed by atoms with Crippen molar-refractivity contribution >= 4 is 10.0 Å². The first-order chi connectivity index (χ1) is 9.35. The SMILES string of the molecule is CC(C)CNCc1ccc(S(=O)(=O)NCC(C)CO)o1. The van der Waals surface area contributed by atoms with Gasteiger partial charge in [0.1, 0.15) is 5.76 Å². The highest BCUT2D eigenvalue weighted by Crippen LogP contribution is 2.14. The molecule has 3 N–H and O–H groups in total. The fourth-order valence-electron chi connectivity index (χ4n) is 1.47. The molecule has 20 heavy (non-hydrogen) atoms. The van der Waals surface area contributed by atoms with Crippen LogP contribution in [-0.2, 0) is 16.6 Å². The Labute approximate surface area is 120 Å². The molecule has 0 spiro atoms. The van der Waals surface area contributed by atoms with E-state index in [0.717, 1.165) is 6.54 Å². The number of nitrogens with one attached hydrogen (secondary N) is 2. The summed E-state index contributed by atoms with van der Waals surface area (Å²) in [5, 5.41) is 12.0. The van der Waals surface area contributed by atoms with Crippen molar-refractivity contribution in [3.05, 3.63) is 17.9 Å². The van der Waals surface area contributed by atoms with Crippen LogP contribution in [-0.4, -0.2) is 33.2 Å². The zero-order valence-electron chi connectivity index (χ0n) is 12.2. The first-order valence-corrected chi connectivity index (χ1v) is 8.23. The molecule has 0 aliphatic carbocycles. The fraction of sp³-hybridized carbons (Fsp3) is 0.692. The van der Waals surface area contributed by atoms with Crippen molar-refractivity contribution in [1.82, 2.24) is 10.0 Å². The van der Waals surface area contributed by atoms with Gasteiger partial charge < -0.3 is 14.8 Å². The van der Waals surface area contributed by atoms with Crippen LogP contribution in [0.5, 0.6) is 0 Å². The van der Waals surface area contributed by atoms with Crippen LogP contribution in [0.3, 0.4) is 0 Å². The van der Waals surface area contributed by atoms with Crippen molar-refractivity contribution in [3.8, 4) is 0 Å². The molecule has 6 nitrogen and oxygen atoms in total. The van der Waals surface area contributed by atoms with E-state index in [9.17, 15) is 8.42 Å². The van der Waals surface area contributed by atoms with E-state index in [1.165, 1.54) is 6.07 Å². The Morgan fingerprint density at radius 2 is 1.95 bits per heavy atom. The van der Waals surface area contributed by atoms with Crippen LogP contribution in [0.2, 0.25) is 0 Å². The summed E-state index contributed by atoms with van der Waals surface area (Å²) in [7, 11) is -3.64. The average molecular weight is 304 g/mol. The standard InChI is InChI=1S/C13H24N2O4S/c1-10(2)6-14-8-12-4-5-13(19-12)20(17,18)15-7-11(3)9-16/h4-5,10-11,14-16H,6-9H2,1-3H3. The first kappa shape index (κ1) is 17.2. The van der Waals surface area contributed by atoms with Crippen LogP contribution >= 0.6 is 0 Å². The first-order valence-electron chi connectivity index (χ1n) is 6.75. The van der Waals surface area contributed by atoms with Crippen molar-refractivity contribution in [3.63, 3.8) is 0 Å². The molecule has 1 rings (SSSR count). The Hall–Kier alpha value is -0.890. The minimum Gasteiger partial charge on any atom is -0.447 e. The summed E-state index contributed by atoms with van der Waals surface area (Å²) >= 11 is 0. The Kier molecular flexibility index (Phi) is 6.67. The lowest BCUT2D eigenvalue weighted by Crippen LogP contribution is -2.29. The van der Waals surface area contributed by atoms with Crippen LogP contribution < -0.4 is 10.0 Å². The van der Waals surface area contributed by atoms with E-state index >= 15 is 0 Å². The topological polar surface area (TPSA) is 91.6 Å². The monoisotopic (exact) mass is 304 g/mol. The maximum atomic E-state index is 11.9. The molecule has 1 aromatic rings. The lowest BCUT2D eigenvalue weighted by Gasteiger charge is -2.08. The molecular formula is C13H24N2O4S. The molecule has 0 aromatic carbocycles. The predicted octanol–water partition coefficient (Wildman–Crippen LogP) is 0.932. The van der Waals surface area contributed by atoms with Crippen LogP contribution in [0.15, 0.2) is 21.6 Å². The van der Waals surface area contributed by atoms with Gasteiger partial charge in [0.15, 0.2) is 0 Å². The Morgan fingerprint density at radius 1 is 1.25 bits per heavy atom. The van der Waals surface area contributed by atoms with Gasteiger partial charge in [0.25, 0.3) is 10.0 Å². The molecule has 1 aromatic heterocycles. The third kappa shape index (κ3) is 5.62. The van der Waals surface area contributed by atoms with E-state index in [4.69, 9.17) is 9.52 Å². The van der Waals surface area contributed by atoms with Gasteiger partial charge in [-0.25, -0.2) is 13.1 Å². The molecule has 0 saturated heterocycles. The van der Waals surface area contributed by atoms with Crippen LogP contribution in [0.4, 0.5) is 0 Å². The quantitative estimate of drug-likeness (QED) is 0.631. The zero-order valence-corrected chi connectivity index (χ0v) is 13.0. The summed E-state index contributed by atoms with van der Waals surface area (Å²) in [4.78, 5) is 0. The predicted molar refractivity (Wildman–Crippen MR) is 76.7 cm³/mol. The number of hydrogen-bond acceptors (Lipinski definition) is 5. The van der Waals surface area contributed by atoms with E-state index in [1.54, 1.807) is 13.0 Å². The fourth-order valence-corrected chi connectivity index (χ4v) is 2.58. The number of sulfonamides is 1. The number of aliphatic hydroxyl groups excluding tert-OH is 1. The highest BCUT2D eigenvalue weighted by Gasteiger charge is 2.19. The van der Waals surface area contributed by atoms with Crippen molar-refractivity contribution in [1.29, 1.82) is 0 Å². The second-order valence-electron chi connectivity index (χ2n) is 5.39. The number of furan rings is 1. The third-order valence-electron chi connectivity index (χ3n) is 2.69. The maximum absolute atomic E-state index is 11.9. The van der Waals surface area contributed by atoms with E-state index in [1.807, 2.05) is 0 Å². The van der Waals surface area contributed by atoms with Gasteiger partial charge in [-0.2, -0.15) is 0 Å². The van der Waals surface area contributed by atoms with Crippen molar-refractivity contribution < 1.29 is 17.9 Å². The number of hydrogen-bond donors (Lipinski definition) is 3. The summed E-state index contributed by atoms with van der Waals surface area (Å²) in [6.45, 7) is 7.40. The van der Waals surface area contributed by atoms with Crippen molar-refractivity contribution in [2.24, 2.45) is 11.8 Å². The van der Waals surface area contributed by atoms with Gasteiger partial charge in [0.05, 0.1) is 6.54 Å². The summed E-state index contributed by atoms with van der Waals surface area (Å²) in [6.07, 6.45) is 0. The summed E-state index contributed by atoms with van der Waals surface area (Å²) < 4.78 is 31.6. The highest BCUT2D eigenvalue weighted by atomic mass is 32.2. The largest absolute Gasteiger partial charge is 0.447 e. The summed E-state index contributed by atoms with van der Waals surface area (Å²) in [5.41, 5.74) is 0. The average Bonchev–Trinajstić information content (AvgIpc) is 2.85. The molecule has 1 heterocycles. The van der Waals surface area contributed by atoms with E-state index in [2.05, 4.69) is 23.9 Å². The highest BCUT2D eigenvalue weighted by molar-refractivity contribution is 7.89. The molecule has 116 valence electrons. The third-order valence-corrected chi connectivity index (χ3v) is 3.98. The minimum atomic E-state index is -3.64. The number of aliphatic hydroxyl groups is 1. The molecule has 7 heteroatoms. The Morgan fingerprint density at radius 3 is 2.55 bits per heavy atom. The lowest BCUT2D eigenvalue weighted by atomic mass is 10.2. The van der Waals surface area contributed by atoms with E-state index in [0.29, 0.717) is 18.2 Å². The molecule has 0 aliphatic rings. The molecule has 0 saturated carbocycles. The Balaban J connectivity index is 2.56. The zero-order chi connectivity index (χ0) is 15.2. The van der Waals surface area contributed by atoms with Crippen molar-refractivity contribution in [2.45, 2.75) is 32.4 Å². The van der Waals surface area contributed by atoms with Gasteiger partial charge in [0, 0.05) is 13.2 Å². The minimum absolute atomic E-state index is 0.0644. The van der Waals surface area contributed by atoms with Gasteiger partial charge >= 0.3 is 0 Å². The molecule has 0 bridgehead atoms. The summed E-state index contributed by atoms with van der Waals surface area (Å²) in [6, 6.07) is 3.09. The van der Waals surface area contributed by atoms with Crippen LogP contribution in [0.25, 0.3) is 0 Å². The maximum Gasteiger partial charge on any atom is 0.273 e. The molecule has 0 radical (unpaired) electrons. The van der Waals surface area contributed by atoms with Crippen LogP contribution in [0, 0.1) is 11.8 Å². The molecule has 0 aliphatic heterocycles. The van der Waals surface area contributed by atoms with Gasteiger partial charge in [-0.15, -0.1) is 0 Å². The van der Waals surface area contributed by atoms with Crippen LogP contribution in [0.1, 0.15) is 26.5 Å². The van der Waals surface area contributed by atoms with Crippen molar-refractivity contribution in [2.75, 3.05) is 19.7 Å². The normalized spacial score (nSPS) is 13.8. The molecule has 1 unspecified atom stereocenters. The second-order valence-corrected chi connectivity index (χ2v) is 7.08. The molecule has 0 amide bonds. The van der Waals surface area contributed by atoms with Gasteiger partial charge in [-0.1, -0.05) is 20.8 Å². The Bertz CT molecular complexity index is 496.